The molecule has 0 amide bonds. The van der Waals surface area contributed by atoms with Crippen LogP contribution in [-0.4, -0.2) is 33.9 Å². The van der Waals surface area contributed by atoms with Gasteiger partial charge in [0.15, 0.2) is 17.6 Å². The van der Waals surface area contributed by atoms with E-state index in [1.807, 2.05) is 0 Å². The molecule has 0 saturated heterocycles. The van der Waals surface area contributed by atoms with Gasteiger partial charge in [-0.2, -0.15) is 13.2 Å². The quantitative estimate of drug-likeness (QED) is 0.762. The van der Waals surface area contributed by atoms with E-state index in [1.165, 1.54) is 26.4 Å². The van der Waals surface area contributed by atoms with Crippen molar-refractivity contribution in [2.45, 2.75) is 18.4 Å². The van der Waals surface area contributed by atoms with E-state index in [-0.39, 0.29) is 0 Å². The lowest BCUT2D eigenvalue weighted by Gasteiger charge is -2.28. The van der Waals surface area contributed by atoms with Crippen LogP contribution in [0.3, 0.4) is 0 Å². The van der Waals surface area contributed by atoms with Gasteiger partial charge in [0.2, 0.25) is 0 Å². The Morgan fingerprint density at radius 1 is 0.962 bits per heavy atom. The van der Waals surface area contributed by atoms with E-state index in [1.54, 1.807) is 31.3 Å². The zero-order chi connectivity index (χ0) is 19.2. The molecule has 0 fully saturated rings. The first kappa shape index (κ1) is 20.1. The fourth-order valence-electron chi connectivity index (χ4n) is 2.59. The smallest absolute Gasteiger partial charge is 0.416 e. The summed E-state index contributed by atoms with van der Waals surface area (Å²) in [4.78, 5) is 0. The Morgan fingerprint density at radius 2 is 1.58 bits per heavy atom. The van der Waals surface area contributed by atoms with Gasteiger partial charge in [-0.1, -0.05) is 24.3 Å². The van der Waals surface area contributed by atoms with Crippen molar-refractivity contribution in [1.82, 2.24) is 5.32 Å². The Morgan fingerprint density at radius 3 is 2.08 bits per heavy atom. The van der Waals surface area contributed by atoms with Crippen molar-refractivity contribution in [3.63, 3.8) is 0 Å². The molecule has 2 unspecified atom stereocenters. The average Bonchev–Trinajstić information content (AvgIpc) is 2.64. The third-order valence-electron chi connectivity index (χ3n) is 3.94. The number of hydrogen-bond acceptors (Lipinski definition) is 4. The molecule has 0 aromatic heterocycles. The summed E-state index contributed by atoms with van der Waals surface area (Å²) in [5.74, 6) is 1.02. The van der Waals surface area contributed by atoms with E-state index in [2.05, 4.69) is 5.32 Å². The lowest BCUT2D eigenvalue weighted by atomic mass is 10.0. The molecule has 0 spiro atoms. The molecule has 2 aromatic rings. The highest BCUT2D eigenvalue weighted by atomic mass is 19.4. The summed E-state index contributed by atoms with van der Waals surface area (Å²) in [5, 5.41) is 3.00. The van der Waals surface area contributed by atoms with Crippen LogP contribution in [0.5, 0.6) is 11.5 Å². The highest BCUT2D eigenvalue weighted by molar-refractivity contribution is 5.40. The number of alkyl halides is 3. The molecule has 0 heterocycles. The van der Waals surface area contributed by atoms with Crippen LogP contribution in [0, 0.1) is 0 Å². The highest BCUT2D eigenvalue weighted by Gasteiger charge is 2.31. The van der Waals surface area contributed by atoms with Gasteiger partial charge >= 0.3 is 6.18 Å². The SMILES string of the molecule is CNCC(OC)C(Oc1ccccc1OC)c1ccc(C(F)(F)F)cc1. The number of para-hydroxylation sites is 2. The maximum absolute atomic E-state index is 12.8. The molecule has 1 N–H and O–H groups in total. The number of halogens is 3. The summed E-state index contributed by atoms with van der Waals surface area (Å²) >= 11 is 0. The predicted molar refractivity (Wildman–Crippen MR) is 92.5 cm³/mol. The van der Waals surface area contributed by atoms with Crippen molar-refractivity contribution in [3.8, 4) is 11.5 Å². The maximum Gasteiger partial charge on any atom is 0.416 e. The first-order valence-corrected chi connectivity index (χ1v) is 8.05. The molecule has 2 atom stereocenters. The number of likely N-dealkylation sites (N-methyl/N-ethyl adjacent to an activating group) is 1. The molecule has 4 nitrogen and oxygen atoms in total. The Labute approximate surface area is 150 Å². The molecule has 0 bridgehead atoms. The monoisotopic (exact) mass is 369 g/mol. The lowest BCUT2D eigenvalue weighted by molar-refractivity contribution is -0.137. The van der Waals surface area contributed by atoms with Gasteiger partial charge in [-0.15, -0.1) is 0 Å². The van der Waals surface area contributed by atoms with E-state index < -0.39 is 23.9 Å². The van der Waals surface area contributed by atoms with Gasteiger partial charge < -0.3 is 19.5 Å². The van der Waals surface area contributed by atoms with Crippen LogP contribution in [0.15, 0.2) is 48.5 Å². The Bertz CT molecular complexity index is 689. The zero-order valence-electron chi connectivity index (χ0n) is 14.8. The number of ether oxygens (including phenoxy) is 3. The lowest BCUT2D eigenvalue weighted by Crippen LogP contribution is -2.34. The Hall–Kier alpha value is -2.25. The van der Waals surface area contributed by atoms with Crippen LogP contribution in [0.4, 0.5) is 13.2 Å². The maximum atomic E-state index is 12.8. The highest BCUT2D eigenvalue weighted by Crippen LogP contribution is 2.35. The minimum atomic E-state index is -4.39. The van der Waals surface area contributed by atoms with Gasteiger partial charge in [0.05, 0.1) is 12.7 Å². The van der Waals surface area contributed by atoms with Crippen molar-refractivity contribution in [1.29, 1.82) is 0 Å². The summed E-state index contributed by atoms with van der Waals surface area (Å²) in [6.45, 7) is 0.456. The van der Waals surface area contributed by atoms with E-state index in [0.717, 1.165) is 12.1 Å². The predicted octanol–water partition coefficient (Wildman–Crippen LogP) is 4.07. The molecule has 0 aliphatic heterocycles. The Balaban J connectivity index is 2.37. The van der Waals surface area contributed by atoms with E-state index in [9.17, 15) is 13.2 Å². The van der Waals surface area contributed by atoms with Gasteiger partial charge in [0.25, 0.3) is 0 Å². The summed E-state index contributed by atoms with van der Waals surface area (Å²) in [7, 11) is 4.82. The second kappa shape index (κ2) is 8.91. The summed E-state index contributed by atoms with van der Waals surface area (Å²) < 4.78 is 55.4. The molecule has 2 aromatic carbocycles. The van der Waals surface area contributed by atoms with E-state index in [0.29, 0.717) is 23.6 Å². The molecular formula is C19H22F3NO3. The molecule has 0 radical (unpaired) electrons. The fraction of sp³-hybridized carbons (Fsp3) is 0.368. The average molecular weight is 369 g/mol. The molecule has 0 aliphatic carbocycles. The van der Waals surface area contributed by atoms with Crippen molar-refractivity contribution in [3.05, 3.63) is 59.7 Å². The van der Waals surface area contributed by atoms with Crippen LogP contribution < -0.4 is 14.8 Å². The van der Waals surface area contributed by atoms with Crippen LogP contribution >= 0.6 is 0 Å². The van der Waals surface area contributed by atoms with E-state index in [4.69, 9.17) is 14.2 Å². The minimum Gasteiger partial charge on any atom is -0.493 e. The Kier molecular flexibility index (Phi) is 6.88. The standard InChI is InChI=1S/C19H22F3NO3/c1-23-12-17(25-3)18(26-16-7-5-4-6-15(16)24-2)13-8-10-14(11-9-13)19(20,21)22/h4-11,17-18,23H,12H2,1-3H3. The summed E-state index contributed by atoms with van der Waals surface area (Å²) in [5.41, 5.74) is -0.133. The van der Waals surface area contributed by atoms with E-state index >= 15 is 0 Å². The number of methoxy groups -OCH3 is 2. The molecule has 0 aliphatic rings. The fourth-order valence-corrected chi connectivity index (χ4v) is 2.59. The van der Waals surface area contributed by atoms with Crippen LogP contribution in [0.25, 0.3) is 0 Å². The second-order valence-corrected chi connectivity index (χ2v) is 5.64. The normalized spacial score (nSPS) is 13.9. The van der Waals surface area contributed by atoms with Crippen molar-refractivity contribution in [2.75, 3.05) is 27.8 Å². The molecule has 2 rings (SSSR count). The number of rotatable bonds is 8. The number of hydrogen-bond donors (Lipinski definition) is 1. The van der Waals surface area contributed by atoms with Gasteiger partial charge in [-0.3, -0.25) is 0 Å². The summed E-state index contributed by atoms with van der Waals surface area (Å²) in [6, 6.07) is 12.0. The molecule has 26 heavy (non-hydrogen) atoms. The van der Waals surface area contributed by atoms with Gasteiger partial charge in [-0.25, -0.2) is 0 Å². The van der Waals surface area contributed by atoms with Gasteiger partial charge in [0.1, 0.15) is 6.10 Å². The third kappa shape index (κ3) is 4.89. The van der Waals surface area contributed by atoms with Crippen molar-refractivity contribution < 1.29 is 27.4 Å². The molecule has 142 valence electrons. The number of nitrogens with one attached hydrogen (secondary N) is 1. The summed E-state index contributed by atoms with van der Waals surface area (Å²) in [6.07, 6.45) is -5.42. The third-order valence-corrected chi connectivity index (χ3v) is 3.94. The first-order valence-electron chi connectivity index (χ1n) is 8.05. The van der Waals surface area contributed by atoms with Crippen LogP contribution in [-0.2, 0) is 10.9 Å². The number of benzene rings is 2. The van der Waals surface area contributed by atoms with Gasteiger partial charge in [0, 0.05) is 13.7 Å². The van der Waals surface area contributed by atoms with Crippen molar-refractivity contribution >= 4 is 0 Å². The second-order valence-electron chi connectivity index (χ2n) is 5.64. The largest absolute Gasteiger partial charge is 0.493 e. The topological polar surface area (TPSA) is 39.7 Å². The van der Waals surface area contributed by atoms with Gasteiger partial charge in [-0.05, 0) is 36.9 Å². The van der Waals surface area contributed by atoms with Crippen molar-refractivity contribution in [2.24, 2.45) is 0 Å². The van der Waals surface area contributed by atoms with Crippen LogP contribution in [0.1, 0.15) is 17.2 Å². The molecule has 7 heteroatoms. The van der Waals surface area contributed by atoms with Crippen LogP contribution in [0.2, 0.25) is 0 Å². The molecule has 0 saturated carbocycles. The molecular weight excluding hydrogens is 347 g/mol. The minimum absolute atomic E-state index is 0.415. The zero-order valence-corrected chi connectivity index (χ0v) is 14.8. The first-order chi connectivity index (χ1) is 12.4.